The highest BCUT2D eigenvalue weighted by atomic mass is 16.2. The van der Waals surface area contributed by atoms with Crippen LogP contribution in [0.4, 0.5) is 0 Å². The highest BCUT2D eigenvalue weighted by Crippen LogP contribution is 2.10. The van der Waals surface area contributed by atoms with Crippen molar-refractivity contribution in [2.45, 2.75) is 12.8 Å². The molecule has 90 valence electrons. The normalized spacial score (nSPS) is 10.7. The van der Waals surface area contributed by atoms with Crippen molar-refractivity contribution in [2.24, 2.45) is 7.05 Å². The Morgan fingerprint density at radius 2 is 2.12 bits per heavy atom. The molecule has 4 nitrogen and oxygen atoms in total. The highest BCUT2D eigenvalue weighted by Gasteiger charge is 2.03. The number of nitrogens with zero attached hydrogens (tertiary/aromatic N) is 2. The second kappa shape index (κ2) is 5.01. The second-order valence-corrected chi connectivity index (χ2v) is 4.06. The summed E-state index contributed by atoms with van der Waals surface area (Å²) in [6.07, 6.45) is 5.06. The molecule has 0 radical (unpaired) electrons. The maximum atomic E-state index is 11.8. The Labute approximate surface area is 99.8 Å². The lowest BCUT2D eigenvalue weighted by Crippen LogP contribution is -2.20. The number of rotatable bonds is 4. The first-order valence-electron chi connectivity index (χ1n) is 5.66. The van der Waals surface area contributed by atoms with E-state index in [0.717, 1.165) is 24.1 Å². The molecule has 0 atom stereocenters. The first-order chi connectivity index (χ1) is 8.22. The second-order valence-electron chi connectivity index (χ2n) is 4.06. The zero-order chi connectivity index (χ0) is 12.3. The van der Waals surface area contributed by atoms with E-state index in [2.05, 4.69) is 0 Å². The Morgan fingerprint density at radius 3 is 2.76 bits per heavy atom. The van der Waals surface area contributed by atoms with Crippen LogP contribution in [0, 0.1) is 0 Å². The van der Waals surface area contributed by atoms with E-state index in [0.29, 0.717) is 0 Å². The van der Waals surface area contributed by atoms with Gasteiger partial charge in [0.25, 0.3) is 0 Å². The average molecular weight is 232 g/mol. The predicted octanol–water partition coefficient (Wildman–Crippen LogP) is 1.10. The maximum absolute atomic E-state index is 11.8. The van der Waals surface area contributed by atoms with Crippen LogP contribution in [0.1, 0.15) is 12.0 Å². The summed E-state index contributed by atoms with van der Waals surface area (Å²) in [5.74, 6) is 0. The van der Waals surface area contributed by atoms with E-state index in [1.54, 1.807) is 28.6 Å². The van der Waals surface area contributed by atoms with E-state index in [1.165, 1.54) is 0 Å². The number of aliphatic hydroxyl groups excluding tert-OH is 1. The minimum absolute atomic E-state index is 0.0516. The monoisotopic (exact) mass is 232 g/mol. The third kappa shape index (κ3) is 2.47. The van der Waals surface area contributed by atoms with Gasteiger partial charge in [-0.2, -0.15) is 0 Å². The number of hydrogen-bond donors (Lipinski definition) is 1. The van der Waals surface area contributed by atoms with Crippen LogP contribution in [0.3, 0.4) is 0 Å². The molecule has 0 spiro atoms. The van der Waals surface area contributed by atoms with E-state index in [9.17, 15) is 4.79 Å². The van der Waals surface area contributed by atoms with Crippen molar-refractivity contribution in [2.75, 3.05) is 6.61 Å². The zero-order valence-corrected chi connectivity index (χ0v) is 9.84. The first kappa shape index (κ1) is 11.7. The van der Waals surface area contributed by atoms with Gasteiger partial charge in [-0.15, -0.1) is 0 Å². The van der Waals surface area contributed by atoms with Gasteiger partial charge in [-0.3, -0.25) is 4.57 Å². The van der Waals surface area contributed by atoms with E-state index in [4.69, 9.17) is 5.11 Å². The van der Waals surface area contributed by atoms with Gasteiger partial charge in [0, 0.05) is 26.0 Å². The molecular weight excluding hydrogens is 216 g/mol. The lowest BCUT2D eigenvalue weighted by molar-refractivity contribution is 0.288. The van der Waals surface area contributed by atoms with Gasteiger partial charge in [-0.25, -0.2) is 4.79 Å². The van der Waals surface area contributed by atoms with Crippen molar-refractivity contribution >= 4 is 0 Å². The number of imidazole rings is 1. The van der Waals surface area contributed by atoms with Crippen molar-refractivity contribution in [3.8, 4) is 5.69 Å². The molecule has 0 aliphatic heterocycles. The van der Waals surface area contributed by atoms with Gasteiger partial charge in [-0.05, 0) is 30.5 Å². The minimum Gasteiger partial charge on any atom is -0.396 e. The topological polar surface area (TPSA) is 47.2 Å². The van der Waals surface area contributed by atoms with Gasteiger partial charge in [0.05, 0.1) is 5.69 Å². The van der Waals surface area contributed by atoms with Crippen molar-refractivity contribution in [3.05, 3.63) is 52.7 Å². The van der Waals surface area contributed by atoms with Crippen molar-refractivity contribution in [1.29, 1.82) is 0 Å². The van der Waals surface area contributed by atoms with Crippen molar-refractivity contribution in [1.82, 2.24) is 9.13 Å². The van der Waals surface area contributed by atoms with Crippen LogP contribution in [-0.4, -0.2) is 20.8 Å². The molecule has 2 aromatic rings. The molecule has 4 heteroatoms. The molecule has 2 rings (SSSR count). The van der Waals surface area contributed by atoms with Crippen LogP contribution in [0.5, 0.6) is 0 Å². The fraction of sp³-hybridized carbons (Fsp3) is 0.308. The predicted molar refractivity (Wildman–Crippen MR) is 66.4 cm³/mol. The molecule has 1 N–H and O–H groups in total. The number of aromatic nitrogens is 2. The van der Waals surface area contributed by atoms with E-state index in [1.807, 2.05) is 24.3 Å². The maximum Gasteiger partial charge on any atom is 0.332 e. The third-order valence-corrected chi connectivity index (χ3v) is 2.76. The summed E-state index contributed by atoms with van der Waals surface area (Å²) >= 11 is 0. The summed E-state index contributed by atoms with van der Waals surface area (Å²) in [4.78, 5) is 11.8. The molecule has 0 amide bonds. The van der Waals surface area contributed by atoms with E-state index >= 15 is 0 Å². The molecule has 17 heavy (non-hydrogen) atoms. The molecule has 0 fully saturated rings. The quantitative estimate of drug-likeness (QED) is 0.858. The molecule has 0 saturated carbocycles. The Bertz CT molecular complexity index is 555. The smallest absolute Gasteiger partial charge is 0.332 e. The summed E-state index contributed by atoms with van der Waals surface area (Å²) < 4.78 is 3.16. The van der Waals surface area contributed by atoms with Gasteiger partial charge in [0.1, 0.15) is 0 Å². The molecule has 0 aliphatic rings. The van der Waals surface area contributed by atoms with Crippen LogP contribution in [0.15, 0.2) is 41.5 Å². The van der Waals surface area contributed by atoms with Crippen molar-refractivity contribution in [3.63, 3.8) is 0 Å². The summed E-state index contributed by atoms with van der Waals surface area (Å²) in [5, 5.41) is 8.80. The van der Waals surface area contributed by atoms with Crippen LogP contribution in [-0.2, 0) is 13.5 Å². The molecule has 1 heterocycles. The van der Waals surface area contributed by atoms with Gasteiger partial charge < -0.3 is 9.67 Å². The van der Waals surface area contributed by atoms with Gasteiger partial charge in [0.2, 0.25) is 0 Å². The summed E-state index contributed by atoms with van der Waals surface area (Å²) in [6.45, 7) is 0.190. The highest BCUT2D eigenvalue weighted by molar-refractivity contribution is 5.35. The lowest BCUT2D eigenvalue weighted by atomic mass is 10.1. The Morgan fingerprint density at radius 1 is 1.29 bits per heavy atom. The van der Waals surface area contributed by atoms with Crippen LogP contribution in [0.2, 0.25) is 0 Å². The van der Waals surface area contributed by atoms with E-state index < -0.39 is 0 Å². The molecule has 0 bridgehead atoms. The van der Waals surface area contributed by atoms with E-state index in [-0.39, 0.29) is 12.3 Å². The van der Waals surface area contributed by atoms with Crippen LogP contribution in [0.25, 0.3) is 5.69 Å². The van der Waals surface area contributed by atoms with Gasteiger partial charge >= 0.3 is 5.69 Å². The molecule has 0 unspecified atom stereocenters. The zero-order valence-electron chi connectivity index (χ0n) is 9.84. The van der Waals surface area contributed by atoms with Gasteiger partial charge in [0.15, 0.2) is 0 Å². The number of hydrogen-bond acceptors (Lipinski definition) is 2. The first-order valence-corrected chi connectivity index (χ1v) is 5.66. The number of aryl methyl sites for hydroxylation is 2. The third-order valence-electron chi connectivity index (χ3n) is 2.76. The molecule has 1 aromatic heterocycles. The van der Waals surface area contributed by atoms with Gasteiger partial charge in [-0.1, -0.05) is 12.1 Å². The Hall–Kier alpha value is -1.81. The largest absolute Gasteiger partial charge is 0.396 e. The molecule has 0 saturated heterocycles. The average Bonchev–Trinajstić information content (AvgIpc) is 2.68. The summed E-state index contributed by atoms with van der Waals surface area (Å²) in [5.41, 5.74) is 1.95. The summed E-state index contributed by atoms with van der Waals surface area (Å²) in [6, 6.07) is 7.83. The fourth-order valence-corrected chi connectivity index (χ4v) is 1.81. The molecule has 1 aromatic carbocycles. The molecular formula is C13H16N2O2. The minimum atomic E-state index is -0.0516. The molecule has 0 aliphatic carbocycles. The lowest BCUT2D eigenvalue weighted by Gasteiger charge is -2.04. The standard InChI is InChI=1S/C13H16N2O2/c1-14-7-8-15(13(14)17)12-6-2-4-11(10-12)5-3-9-16/h2,4,6-8,10,16H,3,5,9H2,1H3. The Kier molecular flexibility index (Phi) is 3.44. The van der Waals surface area contributed by atoms with Crippen LogP contribution < -0.4 is 5.69 Å². The Balaban J connectivity index is 2.33. The van der Waals surface area contributed by atoms with Crippen molar-refractivity contribution < 1.29 is 5.11 Å². The van der Waals surface area contributed by atoms with Crippen LogP contribution >= 0.6 is 0 Å². The SMILES string of the molecule is Cn1ccn(-c2cccc(CCCO)c2)c1=O. The number of benzene rings is 1. The number of aliphatic hydroxyl groups is 1. The fourth-order valence-electron chi connectivity index (χ4n) is 1.81. The summed E-state index contributed by atoms with van der Waals surface area (Å²) in [7, 11) is 1.73.